The van der Waals surface area contributed by atoms with Crippen molar-refractivity contribution in [1.29, 1.82) is 0 Å². The van der Waals surface area contributed by atoms with Gasteiger partial charge in [0.15, 0.2) is 6.79 Å². The molecule has 0 aromatic rings. The van der Waals surface area contributed by atoms with Crippen molar-refractivity contribution in [2.75, 3.05) is 19.9 Å². The van der Waals surface area contributed by atoms with E-state index in [-0.39, 0.29) is 0 Å². The molecule has 0 atom stereocenters. The molecular weight excluding hydrogens is 196 g/mol. The second-order valence-electron chi connectivity index (χ2n) is 2.08. The lowest BCUT2D eigenvalue weighted by molar-refractivity contribution is -0.137. The van der Waals surface area contributed by atoms with Gasteiger partial charge in [-0.1, -0.05) is 0 Å². The fraction of sp³-hybridized carbons (Fsp3) is 0.500. The molecular formula is C6H10N2O6. The fourth-order valence-electron chi connectivity index (χ4n) is 0.499. The molecule has 0 aliphatic carbocycles. The Morgan fingerprint density at radius 3 is 2.29 bits per heavy atom. The molecule has 0 spiro atoms. The lowest BCUT2D eigenvalue weighted by atomic mass is 10.5. The number of ether oxygens (including phenoxy) is 1. The first-order valence-corrected chi connectivity index (χ1v) is 3.56. The molecule has 0 rings (SSSR count). The molecule has 0 aromatic carbocycles. The number of aliphatic hydroxyl groups is 1. The van der Waals surface area contributed by atoms with Crippen molar-refractivity contribution < 1.29 is 29.3 Å². The van der Waals surface area contributed by atoms with E-state index in [2.05, 4.69) is 4.74 Å². The number of hydrogen-bond donors (Lipinski definition) is 4. The van der Waals surface area contributed by atoms with Crippen molar-refractivity contribution in [2.24, 2.45) is 0 Å². The minimum atomic E-state index is -1.18. The summed E-state index contributed by atoms with van der Waals surface area (Å²) in [4.78, 5) is 31.2. The van der Waals surface area contributed by atoms with Crippen molar-refractivity contribution in [1.82, 2.24) is 10.6 Å². The van der Waals surface area contributed by atoms with E-state index in [1.165, 1.54) is 0 Å². The van der Waals surface area contributed by atoms with Crippen molar-refractivity contribution in [3.63, 3.8) is 0 Å². The number of carboxylic acids is 1. The van der Waals surface area contributed by atoms with E-state index in [9.17, 15) is 14.4 Å². The summed E-state index contributed by atoms with van der Waals surface area (Å²) in [6.07, 6.45) is -0.960. The monoisotopic (exact) mass is 206 g/mol. The van der Waals surface area contributed by atoms with E-state index in [0.29, 0.717) is 0 Å². The van der Waals surface area contributed by atoms with Gasteiger partial charge in [0, 0.05) is 0 Å². The summed E-state index contributed by atoms with van der Waals surface area (Å²) in [5.74, 6) is -1.85. The quantitative estimate of drug-likeness (QED) is 0.380. The molecule has 0 aromatic heterocycles. The van der Waals surface area contributed by atoms with Crippen molar-refractivity contribution in [3.05, 3.63) is 0 Å². The number of carboxylic acid groups (broad SMARTS) is 1. The lowest BCUT2D eigenvalue weighted by Crippen LogP contribution is -2.39. The van der Waals surface area contributed by atoms with Gasteiger partial charge in [-0.05, 0) is 0 Å². The van der Waals surface area contributed by atoms with Crippen molar-refractivity contribution in [3.8, 4) is 0 Å². The zero-order valence-electron chi connectivity index (χ0n) is 7.15. The number of aliphatic carboxylic acids is 1. The first kappa shape index (κ1) is 12.2. The maximum Gasteiger partial charge on any atom is 0.409 e. The van der Waals surface area contributed by atoms with Gasteiger partial charge in [0.2, 0.25) is 5.91 Å². The number of amides is 2. The van der Waals surface area contributed by atoms with Crippen LogP contribution in [-0.4, -0.2) is 48.1 Å². The molecule has 0 bridgehead atoms. The topological polar surface area (TPSA) is 125 Å². The molecule has 0 saturated carbocycles. The largest absolute Gasteiger partial charge is 0.480 e. The van der Waals surface area contributed by atoms with E-state index in [1.54, 1.807) is 0 Å². The van der Waals surface area contributed by atoms with Crippen molar-refractivity contribution >= 4 is 18.0 Å². The highest BCUT2D eigenvalue weighted by Crippen LogP contribution is 1.73. The van der Waals surface area contributed by atoms with Crippen LogP contribution in [0.1, 0.15) is 0 Å². The van der Waals surface area contributed by atoms with Crippen LogP contribution in [0.25, 0.3) is 0 Å². The molecule has 0 unspecified atom stereocenters. The Labute approximate surface area is 78.9 Å². The summed E-state index contributed by atoms with van der Waals surface area (Å²) in [5.41, 5.74) is 0. The van der Waals surface area contributed by atoms with E-state index in [4.69, 9.17) is 10.2 Å². The van der Waals surface area contributed by atoms with Gasteiger partial charge in [-0.25, -0.2) is 4.79 Å². The summed E-state index contributed by atoms with van der Waals surface area (Å²) in [7, 11) is 0. The molecule has 0 radical (unpaired) electrons. The van der Waals surface area contributed by atoms with E-state index >= 15 is 0 Å². The molecule has 0 aliphatic heterocycles. The fourth-order valence-corrected chi connectivity index (χ4v) is 0.499. The third-order valence-corrected chi connectivity index (χ3v) is 1.03. The van der Waals surface area contributed by atoms with Gasteiger partial charge in [0.25, 0.3) is 0 Å². The average Bonchev–Trinajstić information content (AvgIpc) is 2.12. The summed E-state index contributed by atoms with van der Waals surface area (Å²) < 4.78 is 4.03. The molecule has 0 aliphatic rings. The van der Waals surface area contributed by atoms with E-state index in [0.717, 1.165) is 0 Å². The number of alkyl carbamates (subject to hydrolysis) is 1. The van der Waals surface area contributed by atoms with Crippen LogP contribution in [0, 0.1) is 0 Å². The summed E-state index contributed by atoms with van der Waals surface area (Å²) in [6.45, 7) is -1.72. The highest BCUT2D eigenvalue weighted by Gasteiger charge is 2.06. The molecule has 0 fully saturated rings. The van der Waals surface area contributed by atoms with Crippen LogP contribution in [0.5, 0.6) is 0 Å². The number of rotatable bonds is 5. The number of nitrogens with one attached hydrogen (secondary N) is 2. The number of carbonyl (C=O) groups excluding carboxylic acids is 2. The van der Waals surface area contributed by atoms with Crippen LogP contribution in [0.4, 0.5) is 4.79 Å². The molecule has 14 heavy (non-hydrogen) atoms. The minimum absolute atomic E-state index is 0.411. The minimum Gasteiger partial charge on any atom is -0.480 e. The maximum absolute atomic E-state index is 10.7. The second-order valence-corrected chi connectivity index (χ2v) is 2.08. The second kappa shape index (κ2) is 6.66. The Bertz CT molecular complexity index is 228. The lowest BCUT2D eigenvalue weighted by Gasteiger charge is -2.04. The zero-order valence-corrected chi connectivity index (χ0v) is 7.15. The van der Waals surface area contributed by atoms with Crippen molar-refractivity contribution in [2.45, 2.75) is 0 Å². The third-order valence-electron chi connectivity index (χ3n) is 1.03. The summed E-state index contributed by atoms with van der Waals surface area (Å²) in [6, 6.07) is 0. The molecule has 0 saturated heterocycles. The Morgan fingerprint density at radius 2 is 1.79 bits per heavy atom. The Morgan fingerprint density at radius 1 is 1.14 bits per heavy atom. The molecule has 8 nitrogen and oxygen atoms in total. The average molecular weight is 206 g/mol. The normalized spacial score (nSPS) is 8.93. The number of aliphatic hydroxyl groups excluding tert-OH is 1. The van der Waals surface area contributed by atoms with Gasteiger partial charge >= 0.3 is 12.1 Å². The predicted molar refractivity (Wildman–Crippen MR) is 42.2 cm³/mol. The van der Waals surface area contributed by atoms with Gasteiger partial charge in [-0.3, -0.25) is 9.59 Å². The van der Waals surface area contributed by atoms with Crippen LogP contribution < -0.4 is 10.6 Å². The summed E-state index contributed by atoms with van der Waals surface area (Å²) in [5, 5.41) is 20.3. The standard InChI is InChI=1S/C6H10N2O6/c9-3-14-6(13)8-1-4(10)7-2-5(11)12/h9H,1-3H2,(H,7,10)(H,8,13)(H,11,12). The van der Waals surface area contributed by atoms with Crippen LogP contribution in [0.3, 0.4) is 0 Å². The number of carbonyl (C=O) groups is 3. The Hall–Kier alpha value is -1.83. The van der Waals surface area contributed by atoms with E-state index in [1.807, 2.05) is 10.6 Å². The number of hydrogen-bond acceptors (Lipinski definition) is 5. The highest BCUT2D eigenvalue weighted by atomic mass is 16.6. The maximum atomic E-state index is 10.7. The highest BCUT2D eigenvalue weighted by molar-refractivity contribution is 5.84. The zero-order chi connectivity index (χ0) is 11.0. The molecule has 0 heterocycles. The van der Waals surface area contributed by atoms with Crippen LogP contribution in [0.2, 0.25) is 0 Å². The van der Waals surface area contributed by atoms with Crippen LogP contribution in [0.15, 0.2) is 0 Å². The molecule has 8 heteroatoms. The van der Waals surface area contributed by atoms with Gasteiger partial charge in [-0.2, -0.15) is 0 Å². The third kappa shape index (κ3) is 6.85. The molecule has 4 N–H and O–H groups in total. The Kier molecular flexibility index (Phi) is 5.79. The summed E-state index contributed by atoms with van der Waals surface area (Å²) >= 11 is 0. The van der Waals surface area contributed by atoms with Gasteiger partial charge in [-0.15, -0.1) is 0 Å². The van der Waals surface area contributed by atoms with E-state index < -0.39 is 37.9 Å². The van der Waals surface area contributed by atoms with Gasteiger partial charge in [0.1, 0.15) is 13.1 Å². The smallest absolute Gasteiger partial charge is 0.409 e. The molecule has 2 amide bonds. The van der Waals surface area contributed by atoms with Gasteiger partial charge in [0.05, 0.1) is 0 Å². The Balaban J connectivity index is 3.53. The van der Waals surface area contributed by atoms with Crippen LogP contribution >= 0.6 is 0 Å². The predicted octanol–water partition coefficient (Wildman–Crippen LogP) is -2.14. The first-order chi connectivity index (χ1) is 6.56. The van der Waals surface area contributed by atoms with Crippen LogP contribution in [-0.2, 0) is 14.3 Å². The molecule has 80 valence electrons. The first-order valence-electron chi connectivity index (χ1n) is 3.56. The SMILES string of the molecule is O=C(O)CNC(=O)CNC(=O)OCO. The van der Waals surface area contributed by atoms with Gasteiger partial charge < -0.3 is 25.6 Å².